The first kappa shape index (κ1) is 12.9. The average Bonchev–Trinajstić information content (AvgIpc) is 3.02. The van der Waals surface area contributed by atoms with Crippen LogP contribution in [0.2, 0.25) is 0 Å². The highest BCUT2D eigenvalue weighted by atomic mass is 32.1. The molecule has 0 atom stereocenters. The number of nitrogens with zero attached hydrogens (tertiary/aromatic N) is 4. The van der Waals surface area contributed by atoms with Gasteiger partial charge in [0.25, 0.3) is 5.91 Å². The van der Waals surface area contributed by atoms with Gasteiger partial charge in [0.15, 0.2) is 0 Å². The van der Waals surface area contributed by atoms with Crippen LogP contribution in [0, 0.1) is 0 Å². The zero-order chi connectivity index (χ0) is 13.9. The molecule has 0 bridgehead atoms. The largest absolute Gasteiger partial charge is 0.397 e. The van der Waals surface area contributed by atoms with Crippen LogP contribution >= 0.6 is 11.3 Å². The number of hydrogen-bond donors (Lipinski definition) is 1. The molecular formula is C13H15N5OS. The summed E-state index contributed by atoms with van der Waals surface area (Å²) >= 11 is 1.38. The Morgan fingerprint density at radius 2 is 2.00 bits per heavy atom. The summed E-state index contributed by atoms with van der Waals surface area (Å²) in [6.45, 7) is 2.95. The summed E-state index contributed by atoms with van der Waals surface area (Å²) in [5.41, 5.74) is 7.98. The molecule has 0 radical (unpaired) electrons. The molecule has 1 aliphatic rings. The Morgan fingerprint density at radius 3 is 2.60 bits per heavy atom. The zero-order valence-corrected chi connectivity index (χ0v) is 11.7. The van der Waals surface area contributed by atoms with E-state index in [0.29, 0.717) is 23.7 Å². The van der Waals surface area contributed by atoms with Crippen molar-refractivity contribution >= 4 is 28.7 Å². The first-order valence-corrected chi connectivity index (χ1v) is 7.26. The van der Waals surface area contributed by atoms with Crippen molar-refractivity contribution in [1.29, 1.82) is 0 Å². The predicted molar refractivity (Wildman–Crippen MR) is 78.9 cm³/mol. The predicted octanol–water partition coefficient (Wildman–Crippen LogP) is 1.08. The molecule has 3 heterocycles. The monoisotopic (exact) mass is 289 g/mol. The number of aromatic nitrogens is 2. The molecule has 1 amide bonds. The van der Waals surface area contributed by atoms with Crippen LogP contribution in [0.3, 0.4) is 0 Å². The number of amides is 1. The summed E-state index contributed by atoms with van der Waals surface area (Å²) in [4.78, 5) is 25.2. The van der Waals surface area contributed by atoms with Crippen LogP contribution in [0.4, 0.5) is 11.5 Å². The normalized spacial score (nSPS) is 15.4. The molecule has 1 aliphatic heterocycles. The van der Waals surface area contributed by atoms with Gasteiger partial charge in [-0.05, 0) is 12.1 Å². The topological polar surface area (TPSA) is 75.3 Å². The van der Waals surface area contributed by atoms with Gasteiger partial charge >= 0.3 is 0 Å². The van der Waals surface area contributed by atoms with E-state index in [-0.39, 0.29) is 5.91 Å². The number of carbonyl (C=O) groups excluding carboxylic acids is 1. The molecule has 0 aliphatic carbocycles. The Kier molecular flexibility index (Phi) is 3.51. The van der Waals surface area contributed by atoms with E-state index in [2.05, 4.69) is 14.9 Å². The van der Waals surface area contributed by atoms with Crippen LogP contribution in [0.25, 0.3) is 0 Å². The summed E-state index contributed by atoms with van der Waals surface area (Å²) < 4.78 is 0. The lowest BCUT2D eigenvalue weighted by Crippen LogP contribution is -2.48. The van der Waals surface area contributed by atoms with Crippen LogP contribution in [0.1, 0.15) is 9.67 Å². The standard InChI is InChI=1S/C13H15N5OS/c14-10-1-2-12(16-7-10)17-3-5-18(6-4-17)13(19)11-8-15-9-20-11/h1-2,7-9H,3-6,14H2. The maximum atomic E-state index is 12.2. The molecule has 1 saturated heterocycles. The van der Waals surface area contributed by atoms with E-state index in [4.69, 9.17) is 5.73 Å². The van der Waals surface area contributed by atoms with Crippen LogP contribution < -0.4 is 10.6 Å². The highest BCUT2D eigenvalue weighted by Gasteiger charge is 2.23. The molecule has 2 aromatic heterocycles. The highest BCUT2D eigenvalue weighted by molar-refractivity contribution is 7.11. The quantitative estimate of drug-likeness (QED) is 0.895. The van der Waals surface area contributed by atoms with Gasteiger partial charge in [0, 0.05) is 26.2 Å². The summed E-state index contributed by atoms with van der Waals surface area (Å²) in [6.07, 6.45) is 3.28. The minimum atomic E-state index is 0.0671. The number of hydrogen-bond acceptors (Lipinski definition) is 6. The molecule has 3 rings (SSSR count). The number of nitrogens with two attached hydrogens (primary N) is 1. The fourth-order valence-electron chi connectivity index (χ4n) is 2.20. The van der Waals surface area contributed by atoms with Crippen molar-refractivity contribution in [1.82, 2.24) is 14.9 Å². The van der Waals surface area contributed by atoms with E-state index < -0.39 is 0 Å². The van der Waals surface area contributed by atoms with Gasteiger partial charge in [-0.1, -0.05) is 0 Å². The third-order valence-corrected chi connectivity index (χ3v) is 4.07. The first-order valence-electron chi connectivity index (χ1n) is 6.38. The molecule has 7 heteroatoms. The summed E-state index contributed by atoms with van der Waals surface area (Å²) in [7, 11) is 0. The van der Waals surface area contributed by atoms with Crippen molar-refractivity contribution in [2.75, 3.05) is 36.8 Å². The number of rotatable bonds is 2. The Labute approximate surface area is 120 Å². The second-order valence-electron chi connectivity index (χ2n) is 4.59. The smallest absolute Gasteiger partial charge is 0.265 e. The van der Waals surface area contributed by atoms with Crippen molar-refractivity contribution in [3.05, 3.63) is 34.9 Å². The lowest BCUT2D eigenvalue weighted by molar-refractivity contribution is 0.0751. The van der Waals surface area contributed by atoms with Crippen molar-refractivity contribution in [3.63, 3.8) is 0 Å². The van der Waals surface area contributed by atoms with E-state index in [1.54, 1.807) is 17.9 Å². The molecule has 20 heavy (non-hydrogen) atoms. The van der Waals surface area contributed by atoms with Crippen LogP contribution in [0.15, 0.2) is 30.0 Å². The molecule has 1 fully saturated rings. The molecule has 2 N–H and O–H groups in total. The van der Waals surface area contributed by atoms with Gasteiger partial charge in [-0.25, -0.2) is 4.98 Å². The number of pyridine rings is 1. The highest BCUT2D eigenvalue weighted by Crippen LogP contribution is 2.17. The molecule has 6 nitrogen and oxygen atoms in total. The van der Waals surface area contributed by atoms with E-state index in [0.717, 1.165) is 18.9 Å². The number of piperazine rings is 1. The van der Waals surface area contributed by atoms with Crippen molar-refractivity contribution in [3.8, 4) is 0 Å². The van der Waals surface area contributed by atoms with Gasteiger partial charge in [-0.2, -0.15) is 0 Å². The lowest BCUT2D eigenvalue weighted by Gasteiger charge is -2.35. The average molecular weight is 289 g/mol. The number of thiazole rings is 1. The third-order valence-electron chi connectivity index (χ3n) is 3.30. The van der Waals surface area contributed by atoms with Gasteiger partial charge in [0.1, 0.15) is 10.7 Å². The second-order valence-corrected chi connectivity index (χ2v) is 5.48. The molecule has 2 aromatic rings. The minimum Gasteiger partial charge on any atom is -0.397 e. The zero-order valence-electron chi connectivity index (χ0n) is 10.9. The fraction of sp³-hybridized carbons (Fsp3) is 0.308. The van der Waals surface area contributed by atoms with Crippen LogP contribution in [0.5, 0.6) is 0 Å². The van der Waals surface area contributed by atoms with Gasteiger partial charge in [0.05, 0.1) is 23.6 Å². The van der Waals surface area contributed by atoms with Crippen LogP contribution in [-0.4, -0.2) is 47.0 Å². The lowest BCUT2D eigenvalue weighted by atomic mass is 10.3. The van der Waals surface area contributed by atoms with Crippen molar-refractivity contribution in [2.24, 2.45) is 0 Å². The van der Waals surface area contributed by atoms with Crippen molar-refractivity contribution < 1.29 is 4.79 Å². The van der Waals surface area contributed by atoms with E-state index in [1.807, 2.05) is 17.0 Å². The molecule has 104 valence electrons. The molecule has 0 unspecified atom stereocenters. The summed E-state index contributed by atoms with van der Waals surface area (Å²) in [5.74, 6) is 0.974. The maximum Gasteiger partial charge on any atom is 0.265 e. The number of anilines is 2. The second kappa shape index (κ2) is 5.46. The van der Waals surface area contributed by atoms with E-state index in [1.165, 1.54) is 11.3 Å². The number of carbonyl (C=O) groups is 1. The maximum absolute atomic E-state index is 12.2. The molecular weight excluding hydrogens is 274 g/mol. The summed E-state index contributed by atoms with van der Waals surface area (Å²) in [6, 6.07) is 3.76. The molecule has 0 saturated carbocycles. The Balaban J connectivity index is 1.62. The van der Waals surface area contributed by atoms with Crippen LogP contribution in [-0.2, 0) is 0 Å². The Bertz CT molecular complexity index is 575. The first-order chi connectivity index (χ1) is 9.74. The van der Waals surface area contributed by atoms with Crippen molar-refractivity contribution in [2.45, 2.75) is 0 Å². The summed E-state index contributed by atoms with van der Waals surface area (Å²) in [5, 5.41) is 0. The van der Waals surface area contributed by atoms with Gasteiger partial charge in [0.2, 0.25) is 0 Å². The van der Waals surface area contributed by atoms with E-state index >= 15 is 0 Å². The third kappa shape index (κ3) is 2.57. The Morgan fingerprint density at radius 1 is 1.20 bits per heavy atom. The van der Waals surface area contributed by atoms with Gasteiger partial charge < -0.3 is 15.5 Å². The number of nitrogen functional groups attached to an aromatic ring is 1. The van der Waals surface area contributed by atoms with Gasteiger partial charge in [-0.3, -0.25) is 9.78 Å². The molecule has 0 spiro atoms. The Hall–Kier alpha value is -2.15. The van der Waals surface area contributed by atoms with Gasteiger partial charge in [-0.15, -0.1) is 11.3 Å². The van der Waals surface area contributed by atoms with E-state index in [9.17, 15) is 4.79 Å². The minimum absolute atomic E-state index is 0.0671. The fourth-order valence-corrected chi connectivity index (χ4v) is 2.79. The molecule has 0 aromatic carbocycles. The SMILES string of the molecule is Nc1ccc(N2CCN(C(=O)c3cncs3)CC2)nc1.